The molecule has 0 radical (unpaired) electrons. The number of carbonyl (C=O) groups excluding carboxylic acids is 1. The van der Waals surface area contributed by atoms with Crippen molar-refractivity contribution >= 4 is 44.4 Å². The van der Waals surface area contributed by atoms with E-state index in [1.54, 1.807) is 23.1 Å². The summed E-state index contributed by atoms with van der Waals surface area (Å²) in [6, 6.07) is 16.2. The maximum Gasteiger partial charge on any atom is 0.229 e. The molecule has 4 rings (SSSR count). The fourth-order valence-corrected chi connectivity index (χ4v) is 5.49. The number of thiazole rings is 1. The van der Waals surface area contributed by atoms with Crippen LogP contribution in [0.15, 0.2) is 53.4 Å². The first-order valence-corrected chi connectivity index (χ1v) is 12.9. The van der Waals surface area contributed by atoms with E-state index in [9.17, 15) is 4.79 Å². The van der Waals surface area contributed by atoms with E-state index in [1.165, 1.54) is 4.90 Å². The third-order valence-electron chi connectivity index (χ3n) is 5.27. The number of aromatic nitrogens is 1. The minimum atomic E-state index is 0.110. The van der Waals surface area contributed by atoms with Gasteiger partial charge < -0.3 is 9.47 Å². The predicted octanol–water partition coefficient (Wildman–Crippen LogP) is 4.54. The topological polar surface area (TPSA) is 54.9 Å². The van der Waals surface area contributed by atoms with Gasteiger partial charge in [-0.25, -0.2) is 4.98 Å². The molecule has 0 N–H and O–H groups in total. The predicted molar refractivity (Wildman–Crippen MR) is 132 cm³/mol. The standard InChI is InChI=1S/C24H29N3O3S2/c1-2-30-20-9-6-10-21-23(20)25-24(32-21)27(13-12-26-14-16-29-17-15-26)22(28)11-18-31-19-7-4-3-5-8-19/h3-10H,2,11-18H2,1H3. The lowest BCUT2D eigenvalue weighted by Crippen LogP contribution is -2.43. The van der Waals surface area contributed by atoms with Crippen molar-refractivity contribution in [3.05, 3.63) is 48.5 Å². The molecule has 0 spiro atoms. The number of anilines is 1. The van der Waals surface area contributed by atoms with Crippen molar-refractivity contribution in [3.63, 3.8) is 0 Å². The Morgan fingerprint density at radius 1 is 1.19 bits per heavy atom. The fraction of sp³-hybridized carbons (Fsp3) is 0.417. The Balaban J connectivity index is 1.49. The van der Waals surface area contributed by atoms with Gasteiger partial charge in [-0.3, -0.25) is 14.6 Å². The number of morpholine rings is 1. The van der Waals surface area contributed by atoms with Crippen molar-refractivity contribution in [1.29, 1.82) is 0 Å². The summed E-state index contributed by atoms with van der Waals surface area (Å²) in [5, 5.41) is 0.745. The van der Waals surface area contributed by atoms with Crippen molar-refractivity contribution in [2.75, 3.05) is 56.7 Å². The van der Waals surface area contributed by atoms with Crippen LogP contribution in [-0.4, -0.2) is 67.5 Å². The molecule has 6 nitrogen and oxygen atoms in total. The molecule has 3 aromatic rings. The Morgan fingerprint density at radius 3 is 2.78 bits per heavy atom. The number of para-hydroxylation sites is 1. The van der Waals surface area contributed by atoms with E-state index in [0.717, 1.165) is 59.7 Å². The van der Waals surface area contributed by atoms with E-state index >= 15 is 0 Å². The third kappa shape index (κ3) is 6.01. The molecular weight excluding hydrogens is 442 g/mol. The van der Waals surface area contributed by atoms with Crippen molar-refractivity contribution in [3.8, 4) is 5.75 Å². The van der Waals surface area contributed by atoms with Gasteiger partial charge in [-0.15, -0.1) is 11.8 Å². The summed E-state index contributed by atoms with van der Waals surface area (Å²) in [6.45, 7) is 7.30. The molecule has 1 aromatic heterocycles. The van der Waals surface area contributed by atoms with E-state index in [2.05, 4.69) is 17.0 Å². The zero-order chi connectivity index (χ0) is 22.2. The summed E-state index contributed by atoms with van der Waals surface area (Å²) in [5.74, 6) is 1.62. The van der Waals surface area contributed by atoms with Crippen molar-refractivity contribution in [2.45, 2.75) is 18.2 Å². The Kier molecular flexibility index (Phi) is 8.39. The Morgan fingerprint density at radius 2 is 2.00 bits per heavy atom. The van der Waals surface area contributed by atoms with Crippen LogP contribution in [0, 0.1) is 0 Å². The summed E-state index contributed by atoms with van der Waals surface area (Å²) < 4.78 is 12.3. The molecule has 0 unspecified atom stereocenters. The molecule has 0 aliphatic carbocycles. The molecule has 1 fully saturated rings. The highest BCUT2D eigenvalue weighted by molar-refractivity contribution is 7.99. The zero-order valence-corrected chi connectivity index (χ0v) is 20.0. The number of hydrogen-bond donors (Lipinski definition) is 0. The highest BCUT2D eigenvalue weighted by atomic mass is 32.2. The molecule has 1 aliphatic rings. The van der Waals surface area contributed by atoms with Crippen LogP contribution in [0.25, 0.3) is 10.2 Å². The normalized spacial score (nSPS) is 14.5. The molecule has 1 saturated heterocycles. The van der Waals surface area contributed by atoms with Crippen LogP contribution < -0.4 is 9.64 Å². The maximum atomic E-state index is 13.3. The van der Waals surface area contributed by atoms with Gasteiger partial charge in [0.1, 0.15) is 11.3 Å². The lowest BCUT2D eigenvalue weighted by Gasteiger charge is -2.29. The van der Waals surface area contributed by atoms with E-state index in [0.29, 0.717) is 19.6 Å². The fourth-order valence-electron chi connectivity index (χ4n) is 3.60. The lowest BCUT2D eigenvalue weighted by atomic mass is 10.3. The van der Waals surface area contributed by atoms with Gasteiger partial charge in [-0.2, -0.15) is 0 Å². The summed E-state index contributed by atoms with van der Waals surface area (Å²) in [7, 11) is 0. The molecule has 32 heavy (non-hydrogen) atoms. The summed E-state index contributed by atoms with van der Waals surface area (Å²) in [6.07, 6.45) is 0.469. The second-order valence-electron chi connectivity index (χ2n) is 7.44. The molecule has 0 atom stereocenters. The Labute approximate surface area is 197 Å². The first kappa shape index (κ1) is 23.0. The van der Waals surface area contributed by atoms with E-state index in [4.69, 9.17) is 14.5 Å². The minimum absolute atomic E-state index is 0.110. The first-order chi connectivity index (χ1) is 15.7. The van der Waals surface area contributed by atoms with Gasteiger partial charge in [0.15, 0.2) is 5.13 Å². The van der Waals surface area contributed by atoms with Crippen molar-refractivity contribution in [1.82, 2.24) is 9.88 Å². The molecule has 170 valence electrons. The van der Waals surface area contributed by atoms with Crippen LogP contribution in [0.1, 0.15) is 13.3 Å². The summed E-state index contributed by atoms with van der Waals surface area (Å²) in [4.78, 5) is 23.5. The quantitative estimate of drug-likeness (QED) is 0.405. The van der Waals surface area contributed by atoms with E-state index < -0.39 is 0 Å². The second-order valence-corrected chi connectivity index (χ2v) is 9.62. The van der Waals surface area contributed by atoms with Gasteiger partial charge in [-0.1, -0.05) is 35.6 Å². The van der Waals surface area contributed by atoms with Gasteiger partial charge in [-0.05, 0) is 31.2 Å². The average Bonchev–Trinajstić information content (AvgIpc) is 3.26. The zero-order valence-electron chi connectivity index (χ0n) is 18.4. The van der Waals surface area contributed by atoms with Gasteiger partial charge in [0.2, 0.25) is 5.91 Å². The smallest absolute Gasteiger partial charge is 0.229 e. The van der Waals surface area contributed by atoms with Crippen LogP contribution in [0.5, 0.6) is 5.75 Å². The number of carbonyl (C=O) groups is 1. The van der Waals surface area contributed by atoms with Crippen LogP contribution in [0.4, 0.5) is 5.13 Å². The summed E-state index contributed by atoms with van der Waals surface area (Å²) >= 11 is 3.26. The maximum absolute atomic E-state index is 13.3. The van der Waals surface area contributed by atoms with Gasteiger partial charge in [0.05, 0.1) is 24.5 Å². The highest BCUT2D eigenvalue weighted by Gasteiger charge is 2.22. The number of ether oxygens (including phenoxy) is 2. The molecule has 2 heterocycles. The molecule has 2 aromatic carbocycles. The number of hydrogen-bond acceptors (Lipinski definition) is 7. The number of fused-ring (bicyclic) bond motifs is 1. The van der Waals surface area contributed by atoms with Crippen molar-refractivity contribution in [2.24, 2.45) is 0 Å². The number of thioether (sulfide) groups is 1. The van der Waals surface area contributed by atoms with Crippen LogP contribution in [0.3, 0.4) is 0 Å². The molecule has 1 aliphatic heterocycles. The monoisotopic (exact) mass is 471 g/mol. The first-order valence-electron chi connectivity index (χ1n) is 11.1. The SMILES string of the molecule is CCOc1cccc2sc(N(CCN3CCOCC3)C(=O)CCSc3ccccc3)nc12. The van der Waals surface area contributed by atoms with Gasteiger partial charge in [0.25, 0.3) is 0 Å². The number of nitrogens with zero attached hydrogens (tertiary/aromatic N) is 3. The number of amides is 1. The lowest BCUT2D eigenvalue weighted by molar-refractivity contribution is -0.118. The van der Waals surface area contributed by atoms with Crippen molar-refractivity contribution < 1.29 is 14.3 Å². The number of benzene rings is 2. The molecule has 1 amide bonds. The van der Waals surface area contributed by atoms with Crippen LogP contribution in [0.2, 0.25) is 0 Å². The highest BCUT2D eigenvalue weighted by Crippen LogP contribution is 2.34. The van der Waals surface area contributed by atoms with E-state index in [1.807, 2.05) is 48.2 Å². The van der Waals surface area contributed by atoms with Crippen LogP contribution in [-0.2, 0) is 9.53 Å². The van der Waals surface area contributed by atoms with Gasteiger partial charge in [0, 0.05) is 43.2 Å². The Bertz CT molecular complexity index is 1010. The number of rotatable bonds is 10. The van der Waals surface area contributed by atoms with E-state index in [-0.39, 0.29) is 5.91 Å². The minimum Gasteiger partial charge on any atom is -0.492 e. The second kappa shape index (κ2) is 11.7. The summed E-state index contributed by atoms with van der Waals surface area (Å²) in [5.41, 5.74) is 0.831. The average molecular weight is 472 g/mol. The largest absolute Gasteiger partial charge is 0.492 e. The molecule has 0 saturated carbocycles. The molecular formula is C24H29N3O3S2. The van der Waals surface area contributed by atoms with Gasteiger partial charge >= 0.3 is 0 Å². The molecule has 0 bridgehead atoms. The third-order valence-corrected chi connectivity index (χ3v) is 7.33. The molecule has 8 heteroatoms. The van der Waals surface area contributed by atoms with Crippen LogP contribution >= 0.6 is 23.1 Å². The Hall–Kier alpha value is -2.13.